The molecule has 0 aliphatic rings. The van der Waals surface area contributed by atoms with Crippen LogP contribution >= 0.6 is 0 Å². The van der Waals surface area contributed by atoms with Crippen LogP contribution in [0.1, 0.15) is 10.4 Å². The monoisotopic (exact) mass is 264 g/mol. The molecule has 17 heavy (non-hydrogen) atoms. The first-order valence-corrected chi connectivity index (χ1v) is 3.32. The average Bonchev–Trinajstić information content (AvgIpc) is 2.05. The van der Waals surface area contributed by atoms with Crippen LogP contribution in [0.3, 0.4) is 0 Å². The van der Waals surface area contributed by atoms with Gasteiger partial charge in [0, 0.05) is 0 Å². The fraction of sp³-hybridized carbons (Fsp3) is 0. The Hall–Kier alpha value is 0.555. The third-order valence-electron chi connectivity index (χ3n) is 1.01. The Labute approximate surface area is 143 Å². The van der Waals surface area contributed by atoms with Crippen LogP contribution in [0, 0.1) is 0 Å². The maximum absolute atomic E-state index is 10.1. The molecule has 10 heteroatoms. The minimum atomic E-state index is -2.42. The number of aromatic carboxylic acids is 1. The van der Waals surface area contributed by atoms with Crippen molar-refractivity contribution < 1.29 is 95.0 Å². The number of carbonyl (C=O) groups excluding carboxylic acids is 1. The normalized spacial score (nSPS) is 6.29. The SMILES string of the molecule is O.O.O=C([O-])c1ccccc1.[Na+].[Na+].[O-]B(O)O. The van der Waals surface area contributed by atoms with Crippen molar-refractivity contribution in [3.05, 3.63) is 35.9 Å². The molecule has 6 N–H and O–H groups in total. The van der Waals surface area contributed by atoms with Gasteiger partial charge in [0.05, 0.1) is 5.97 Å². The Kier molecular flexibility index (Phi) is 33.9. The Morgan fingerprint density at radius 1 is 1.06 bits per heavy atom. The van der Waals surface area contributed by atoms with Crippen molar-refractivity contribution in [2.75, 3.05) is 0 Å². The minimum Gasteiger partial charge on any atom is -0.832 e. The summed E-state index contributed by atoms with van der Waals surface area (Å²) in [5.41, 5.74) is 0.220. The molecule has 0 aliphatic heterocycles. The molecule has 0 fully saturated rings. The van der Waals surface area contributed by atoms with E-state index in [1.165, 1.54) is 12.1 Å². The summed E-state index contributed by atoms with van der Waals surface area (Å²) < 4.78 is 0. The van der Waals surface area contributed by atoms with E-state index in [2.05, 4.69) is 0 Å². The molecule has 0 saturated heterocycles. The second-order valence-electron chi connectivity index (χ2n) is 1.98. The number of hydrogen-bond donors (Lipinski definition) is 2. The van der Waals surface area contributed by atoms with Gasteiger partial charge in [0.15, 0.2) is 0 Å². The number of carbonyl (C=O) groups is 1. The van der Waals surface area contributed by atoms with E-state index in [1.54, 1.807) is 18.2 Å². The molecule has 7 nitrogen and oxygen atoms in total. The fourth-order valence-electron chi connectivity index (χ4n) is 0.574. The summed E-state index contributed by atoms with van der Waals surface area (Å²) >= 11 is 0. The van der Waals surface area contributed by atoms with Crippen LogP contribution in [0.15, 0.2) is 30.3 Å². The molecule has 0 unspecified atom stereocenters. The molecule has 1 aromatic rings. The molecule has 0 saturated carbocycles. The predicted octanol–water partition coefficient (Wildman–Crippen LogP) is -10.3. The first kappa shape index (κ1) is 30.5. The molecule has 0 bridgehead atoms. The third kappa shape index (κ3) is 22.2. The molecule has 0 amide bonds. The Morgan fingerprint density at radius 3 is 1.53 bits per heavy atom. The van der Waals surface area contributed by atoms with Gasteiger partial charge in [0.25, 0.3) is 0 Å². The Morgan fingerprint density at radius 2 is 1.35 bits per heavy atom. The Balaban J connectivity index is -0.0000000542. The van der Waals surface area contributed by atoms with Gasteiger partial charge in [-0.15, -0.1) is 0 Å². The molecule has 1 rings (SSSR count). The molecule has 1 aromatic carbocycles. The zero-order chi connectivity index (χ0) is 10.3. The van der Waals surface area contributed by atoms with Gasteiger partial charge in [0.1, 0.15) is 0 Å². The third-order valence-corrected chi connectivity index (χ3v) is 1.01. The number of carboxylic acid groups (broad SMARTS) is 1. The summed E-state index contributed by atoms with van der Waals surface area (Å²) in [6.45, 7) is 0. The van der Waals surface area contributed by atoms with Crippen LogP contribution < -0.4 is 69.2 Å². The maximum Gasteiger partial charge on any atom is 1.00 e. The summed E-state index contributed by atoms with van der Waals surface area (Å²) in [5, 5.41) is 32.8. The van der Waals surface area contributed by atoms with Gasteiger partial charge in [0.2, 0.25) is 0 Å². The molecule has 0 heterocycles. The van der Waals surface area contributed by atoms with Crippen LogP contribution in [-0.2, 0) is 0 Å². The summed E-state index contributed by atoms with van der Waals surface area (Å²) in [6, 6.07) is 8.06. The summed E-state index contributed by atoms with van der Waals surface area (Å²) in [4.78, 5) is 10.1. The Bertz CT molecular complexity index is 257. The molecular formula is C7H11BNa2O7. The molecular weight excluding hydrogens is 253 g/mol. The van der Waals surface area contributed by atoms with E-state index in [9.17, 15) is 9.90 Å². The summed E-state index contributed by atoms with van der Waals surface area (Å²) in [7, 11) is -2.42. The zero-order valence-corrected chi connectivity index (χ0v) is 13.6. The minimum absolute atomic E-state index is 0. The van der Waals surface area contributed by atoms with Crippen molar-refractivity contribution >= 4 is 13.3 Å². The summed E-state index contributed by atoms with van der Waals surface area (Å²) in [6.07, 6.45) is 0. The second kappa shape index (κ2) is 18.9. The topological polar surface area (TPSA) is 167 Å². The van der Waals surface area contributed by atoms with E-state index in [1.807, 2.05) is 0 Å². The summed E-state index contributed by atoms with van der Waals surface area (Å²) in [5.74, 6) is -1.13. The van der Waals surface area contributed by atoms with Crippen molar-refractivity contribution in [1.82, 2.24) is 0 Å². The van der Waals surface area contributed by atoms with E-state index in [0.29, 0.717) is 0 Å². The van der Waals surface area contributed by atoms with Crippen LogP contribution in [0.25, 0.3) is 0 Å². The van der Waals surface area contributed by atoms with E-state index >= 15 is 0 Å². The van der Waals surface area contributed by atoms with Crippen molar-refractivity contribution in [2.24, 2.45) is 0 Å². The van der Waals surface area contributed by atoms with Gasteiger partial charge in [-0.05, 0) is 5.56 Å². The van der Waals surface area contributed by atoms with Crippen molar-refractivity contribution in [1.29, 1.82) is 0 Å². The largest absolute Gasteiger partial charge is 1.00 e. The maximum atomic E-state index is 10.1. The second-order valence-corrected chi connectivity index (χ2v) is 1.98. The molecule has 86 valence electrons. The molecule has 0 atom stereocenters. The molecule has 0 aromatic heterocycles. The molecule has 0 radical (unpaired) electrons. The number of rotatable bonds is 1. The molecule has 0 spiro atoms. The smallest absolute Gasteiger partial charge is 0.832 e. The van der Waals surface area contributed by atoms with Crippen LogP contribution in [0.5, 0.6) is 0 Å². The van der Waals surface area contributed by atoms with E-state index < -0.39 is 13.3 Å². The fourth-order valence-corrected chi connectivity index (χ4v) is 0.574. The van der Waals surface area contributed by atoms with Gasteiger partial charge in [-0.25, -0.2) is 0 Å². The number of hydrogen-bond acceptors (Lipinski definition) is 5. The first-order chi connectivity index (χ1) is 6.04. The number of benzene rings is 1. The molecule has 0 aliphatic carbocycles. The van der Waals surface area contributed by atoms with Crippen molar-refractivity contribution in [2.45, 2.75) is 0 Å². The number of carboxylic acids is 1. The van der Waals surface area contributed by atoms with Crippen molar-refractivity contribution in [3.8, 4) is 0 Å². The van der Waals surface area contributed by atoms with E-state index in [-0.39, 0.29) is 75.6 Å². The van der Waals surface area contributed by atoms with Gasteiger partial charge in [-0.3, -0.25) is 0 Å². The van der Waals surface area contributed by atoms with Gasteiger partial charge in [-0.1, -0.05) is 30.3 Å². The van der Waals surface area contributed by atoms with Crippen molar-refractivity contribution in [3.63, 3.8) is 0 Å². The predicted molar refractivity (Wildman–Crippen MR) is 48.2 cm³/mol. The zero-order valence-electron chi connectivity index (χ0n) is 9.58. The van der Waals surface area contributed by atoms with Gasteiger partial charge in [-0.2, -0.15) is 0 Å². The van der Waals surface area contributed by atoms with Gasteiger partial charge < -0.3 is 35.9 Å². The average molecular weight is 264 g/mol. The first-order valence-electron chi connectivity index (χ1n) is 3.32. The van der Waals surface area contributed by atoms with Crippen LogP contribution in [-0.4, -0.2) is 34.3 Å². The van der Waals surface area contributed by atoms with Crippen LogP contribution in [0.4, 0.5) is 0 Å². The van der Waals surface area contributed by atoms with E-state index in [0.717, 1.165) is 0 Å². The van der Waals surface area contributed by atoms with Gasteiger partial charge >= 0.3 is 66.4 Å². The van der Waals surface area contributed by atoms with Crippen LogP contribution in [0.2, 0.25) is 0 Å². The standard InChI is InChI=1S/C7H6O2.BH2O3.2Na.2H2O/c8-7(9)6-4-2-1-3-5-6;2-1(3)4;;;;/h1-5H,(H,8,9);2-3H;;;2*1H2/q;-1;2*+1;;/p-1. The quantitative estimate of drug-likeness (QED) is 0.479. The van der Waals surface area contributed by atoms with E-state index in [4.69, 9.17) is 15.1 Å².